The molecule has 1 atom stereocenters. The van der Waals surface area contributed by atoms with Crippen molar-refractivity contribution in [2.75, 3.05) is 0 Å². The smallest absolute Gasteiger partial charge is 1.00 e. The van der Waals surface area contributed by atoms with Gasteiger partial charge in [0.15, 0.2) is 0 Å². The van der Waals surface area contributed by atoms with E-state index in [-0.39, 0.29) is 20.3 Å². The van der Waals surface area contributed by atoms with Gasteiger partial charge in [0.05, 0.1) is 0 Å². The molecular weight excluding hydrogens is 155 g/mol. The normalized spacial score (nSPS) is 18.6. The second kappa shape index (κ2) is 4.14. The molecule has 12 heavy (non-hydrogen) atoms. The van der Waals surface area contributed by atoms with Crippen LogP contribution in [0.2, 0.25) is 6.55 Å². The maximum Gasteiger partial charge on any atom is 1.00 e. The Hall–Kier alpha value is -0.226. The van der Waals surface area contributed by atoms with Crippen LogP contribution < -0.4 is 18.9 Å². The third-order valence-corrected chi connectivity index (χ3v) is 3.24. The molecule has 1 aliphatic rings. The zero-order valence-electron chi connectivity index (χ0n) is 8.54. The largest absolute Gasteiger partial charge is 1.00 e. The zero-order valence-corrected chi connectivity index (χ0v) is 8.54. The minimum absolute atomic E-state index is 0. The molecule has 0 aliphatic heterocycles. The zero-order chi connectivity index (χ0) is 7.68. The Bertz CT molecular complexity index is 299. The van der Waals surface area contributed by atoms with Gasteiger partial charge in [0.25, 0.3) is 0 Å². The Morgan fingerprint density at radius 1 is 1.33 bits per heavy atom. The van der Waals surface area contributed by atoms with E-state index in [0.29, 0.717) is 5.54 Å². The summed E-state index contributed by atoms with van der Waals surface area (Å²) in [4.78, 5) is 0. The fourth-order valence-corrected chi connectivity index (χ4v) is 2.36. The molecule has 0 heterocycles. The minimum atomic E-state index is 0. The second-order valence-electron chi connectivity index (χ2n) is 2.75. The van der Waals surface area contributed by atoms with Crippen LogP contribution in [0, 0.1) is 0 Å². The molecule has 0 spiro atoms. The molecule has 0 saturated heterocycles. The first-order valence-corrected chi connectivity index (χ1v) is 5.44. The second-order valence-corrected chi connectivity index (χ2v) is 3.95. The van der Waals surface area contributed by atoms with Crippen molar-refractivity contribution < 1.29 is 20.3 Å². The third-order valence-electron chi connectivity index (χ3n) is 2.11. The number of hydrogen-bond acceptors (Lipinski definition) is 0. The van der Waals surface area contributed by atoms with Crippen LogP contribution in [0.3, 0.4) is 0 Å². The molecule has 1 aromatic carbocycles. The molecule has 0 N–H and O–H groups in total. The predicted octanol–water partition coefficient (Wildman–Crippen LogP) is -0.377. The van der Waals surface area contributed by atoms with Crippen LogP contribution in [0.4, 0.5) is 0 Å². The summed E-state index contributed by atoms with van der Waals surface area (Å²) in [6, 6.07) is 8.64. The van der Waals surface area contributed by atoms with Crippen LogP contribution >= 0.6 is 0 Å². The maximum atomic E-state index is 2.31. The predicted molar refractivity (Wildman–Crippen MR) is 50.9 cm³/mol. The van der Waals surface area contributed by atoms with Crippen molar-refractivity contribution in [3.05, 3.63) is 41.5 Å². The van der Waals surface area contributed by atoms with Crippen LogP contribution in [0.25, 0.3) is 6.08 Å². The van der Waals surface area contributed by atoms with E-state index in [9.17, 15) is 0 Å². The molecule has 0 fully saturated rings. The van der Waals surface area contributed by atoms with Gasteiger partial charge in [-0.2, -0.15) is 0 Å². The van der Waals surface area contributed by atoms with E-state index < -0.39 is 0 Å². The average Bonchev–Trinajstić information content (AvgIpc) is 2.47. The van der Waals surface area contributed by atoms with Crippen molar-refractivity contribution in [2.45, 2.75) is 12.1 Å². The third kappa shape index (κ3) is 1.59. The molecule has 0 nitrogen and oxygen atoms in total. The SMILES string of the molecule is C[Si]C1C=Cc2ccccc21.[H-].[Li+]. The summed E-state index contributed by atoms with van der Waals surface area (Å²) < 4.78 is 0. The summed E-state index contributed by atoms with van der Waals surface area (Å²) >= 11 is 0. The first-order valence-electron chi connectivity index (χ1n) is 3.86. The fraction of sp³-hybridized carbons (Fsp3) is 0.200. The van der Waals surface area contributed by atoms with Crippen molar-refractivity contribution >= 4 is 15.6 Å². The van der Waals surface area contributed by atoms with Gasteiger partial charge in [0, 0.05) is 9.52 Å². The van der Waals surface area contributed by atoms with Gasteiger partial charge in [-0.1, -0.05) is 43.0 Å². The van der Waals surface area contributed by atoms with Crippen molar-refractivity contribution in [3.8, 4) is 0 Å². The van der Waals surface area contributed by atoms with E-state index in [2.05, 4.69) is 43.0 Å². The average molecular weight is 166 g/mol. The van der Waals surface area contributed by atoms with Gasteiger partial charge in [-0.15, -0.1) is 0 Å². The molecule has 1 unspecified atom stereocenters. The Balaban J connectivity index is 0.000000720. The van der Waals surface area contributed by atoms with Crippen molar-refractivity contribution in [2.24, 2.45) is 0 Å². The number of rotatable bonds is 1. The van der Waals surface area contributed by atoms with E-state index in [4.69, 9.17) is 0 Å². The van der Waals surface area contributed by atoms with Crippen molar-refractivity contribution in [3.63, 3.8) is 0 Å². The fourth-order valence-electron chi connectivity index (χ4n) is 1.50. The molecular formula is C10H11LiSi. The monoisotopic (exact) mass is 166 g/mol. The molecule has 2 radical (unpaired) electrons. The molecule has 2 heteroatoms. The maximum absolute atomic E-state index is 2.31. The standard InChI is InChI=1S/C10H10Si.Li.H/c1-11-10-7-6-8-4-2-3-5-9(8)10;;/h2-7,10H,1H3;;/q;+1;-1. The van der Waals surface area contributed by atoms with Crippen LogP contribution in [0.15, 0.2) is 30.3 Å². The number of benzene rings is 1. The molecule has 0 bridgehead atoms. The Labute approximate surface area is 89.6 Å². The van der Waals surface area contributed by atoms with Crippen LogP contribution in [-0.4, -0.2) is 9.52 Å². The summed E-state index contributed by atoms with van der Waals surface area (Å²) in [7, 11) is 0.992. The summed E-state index contributed by atoms with van der Waals surface area (Å²) in [5.41, 5.74) is 3.62. The van der Waals surface area contributed by atoms with Crippen LogP contribution in [0.5, 0.6) is 0 Å². The van der Waals surface area contributed by atoms with Crippen molar-refractivity contribution in [1.29, 1.82) is 0 Å². The van der Waals surface area contributed by atoms with Gasteiger partial charge in [-0.25, -0.2) is 0 Å². The van der Waals surface area contributed by atoms with Crippen LogP contribution in [-0.2, 0) is 0 Å². The summed E-state index contributed by atoms with van der Waals surface area (Å²) in [5, 5.41) is 0. The van der Waals surface area contributed by atoms with E-state index >= 15 is 0 Å². The van der Waals surface area contributed by atoms with E-state index in [1.807, 2.05) is 0 Å². The number of allylic oxidation sites excluding steroid dienone is 1. The van der Waals surface area contributed by atoms with E-state index in [1.165, 1.54) is 11.1 Å². The molecule has 56 valence electrons. The van der Waals surface area contributed by atoms with E-state index in [0.717, 1.165) is 9.52 Å². The molecule has 2 rings (SSSR count). The molecule has 1 aromatic rings. The Kier molecular flexibility index (Phi) is 3.40. The molecule has 0 saturated carbocycles. The minimum Gasteiger partial charge on any atom is -1.00 e. The topological polar surface area (TPSA) is 0 Å². The van der Waals surface area contributed by atoms with Gasteiger partial charge < -0.3 is 1.43 Å². The van der Waals surface area contributed by atoms with Gasteiger partial charge in [0.2, 0.25) is 0 Å². The molecule has 0 aromatic heterocycles. The van der Waals surface area contributed by atoms with Gasteiger partial charge >= 0.3 is 18.9 Å². The summed E-state index contributed by atoms with van der Waals surface area (Å²) in [6.07, 6.45) is 4.54. The quantitative estimate of drug-likeness (QED) is 0.499. The molecule has 0 amide bonds. The Morgan fingerprint density at radius 3 is 2.83 bits per heavy atom. The first-order chi connectivity index (χ1) is 5.42. The number of fused-ring (bicyclic) bond motifs is 1. The van der Waals surface area contributed by atoms with Gasteiger partial charge in [-0.3, -0.25) is 0 Å². The van der Waals surface area contributed by atoms with Gasteiger partial charge in [-0.05, 0) is 16.7 Å². The first kappa shape index (κ1) is 9.86. The van der Waals surface area contributed by atoms with Crippen molar-refractivity contribution in [1.82, 2.24) is 0 Å². The number of hydrogen-bond donors (Lipinski definition) is 0. The van der Waals surface area contributed by atoms with E-state index in [1.54, 1.807) is 0 Å². The summed E-state index contributed by atoms with van der Waals surface area (Å²) in [6.45, 7) is 2.26. The molecule has 1 aliphatic carbocycles. The van der Waals surface area contributed by atoms with Gasteiger partial charge in [0.1, 0.15) is 0 Å². The summed E-state index contributed by atoms with van der Waals surface area (Å²) in [5.74, 6) is 0. The van der Waals surface area contributed by atoms with Crippen LogP contribution in [0.1, 0.15) is 18.1 Å². The Morgan fingerprint density at radius 2 is 2.08 bits per heavy atom.